The second-order valence-corrected chi connectivity index (χ2v) is 4.32. The van der Waals surface area contributed by atoms with E-state index in [1.54, 1.807) is 6.26 Å². The van der Waals surface area contributed by atoms with E-state index in [2.05, 4.69) is 22.2 Å². The van der Waals surface area contributed by atoms with Crippen molar-refractivity contribution >= 4 is 16.8 Å². The average Bonchev–Trinajstić information content (AvgIpc) is 2.90. The lowest BCUT2D eigenvalue weighted by molar-refractivity contribution is 0.616. The molecule has 0 fully saturated rings. The predicted molar refractivity (Wildman–Crippen MR) is 76.2 cm³/mol. The lowest BCUT2D eigenvalue weighted by atomic mass is 10.1. The number of nitrogens with zero attached hydrogens (tertiary/aromatic N) is 2. The van der Waals surface area contributed by atoms with Crippen LogP contribution in [0, 0.1) is 0 Å². The number of benzene rings is 1. The van der Waals surface area contributed by atoms with Gasteiger partial charge in [0.05, 0.1) is 5.56 Å². The average molecular weight is 253 g/mol. The number of aromatic nitrogens is 2. The molecule has 3 rings (SSSR count). The molecule has 2 heterocycles. The highest BCUT2D eigenvalue weighted by Gasteiger charge is 2.11. The maximum absolute atomic E-state index is 5.55. The SMILES string of the molecule is CCc1cc(NC)nc(-c2coc3ccccc23)n1. The lowest BCUT2D eigenvalue weighted by Crippen LogP contribution is -1.99. The fraction of sp³-hybridized carbons (Fsp3) is 0.200. The predicted octanol–water partition coefficient (Wildman–Crippen LogP) is 3.49. The summed E-state index contributed by atoms with van der Waals surface area (Å²) in [5.41, 5.74) is 2.80. The van der Waals surface area contributed by atoms with Gasteiger partial charge >= 0.3 is 0 Å². The quantitative estimate of drug-likeness (QED) is 0.776. The van der Waals surface area contributed by atoms with Gasteiger partial charge in [-0.25, -0.2) is 9.97 Å². The highest BCUT2D eigenvalue weighted by atomic mass is 16.3. The minimum absolute atomic E-state index is 0.702. The van der Waals surface area contributed by atoms with Gasteiger partial charge in [-0.15, -0.1) is 0 Å². The molecule has 4 nitrogen and oxygen atoms in total. The third kappa shape index (κ3) is 2.05. The van der Waals surface area contributed by atoms with Crippen molar-refractivity contribution < 1.29 is 4.42 Å². The monoisotopic (exact) mass is 253 g/mol. The van der Waals surface area contributed by atoms with E-state index in [1.807, 2.05) is 37.4 Å². The zero-order valence-corrected chi connectivity index (χ0v) is 11.0. The number of aryl methyl sites for hydroxylation is 1. The Labute approximate surface area is 111 Å². The Bertz CT molecular complexity index is 696. The molecule has 2 aromatic heterocycles. The van der Waals surface area contributed by atoms with Crippen LogP contribution in [0.3, 0.4) is 0 Å². The van der Waals surface area contributed by atoms with Crippen molar-refractivity contribution in [2.24, 2.45) is 0 Å². The number of hydrogen-bond acceptors (Lipinski definition) is 4. The first-order valence-electron chi connectivity index (χ1n) is 6.34. The van der Waals surface area contributed by atoms with E-state index in [1.165, 1.54) is 0 Å². The van der Waals surface area contributed by atoms with Gasteiger partial charge in [0.1, 0.15) is 17.7 Å². The maximum Gasteiger partial charge on any atom is 0.165 e. The van der Waals surface area contributed by atoms with Crippen LogP contribution in [0.4, 0.5) is 5.82 Å². The van der Waals surface area contributed by atoms with Crippen LogP contribution >= 0.6 is 0 Å². The van der Waals surface area contributed by atoms with Crippen LogP contribution in [0.15, 0.2) is 41.0 Å². The summed E-state index contributed by atoms with van der Waals surface area (Å²) in [6.45, 7) is 2.08. The Morgan fingerprint density at radius 1 is 1.21 bits per heavy atom. The molecule has 1 aromatic carbocycles. The van der Waals surface area contributed by atoms with Gasteiger partial charge in [0, 0.05) is 24.2 Å². The van der Waals surface area contributed by atoms with E-state index in [0.717, 1.165) is 34.5 Å². The molecule has 96 valence electrons. The number of furan rings is 1. The van der Waals surface area contributed by atoms with Crippen LogP contribution in [0.25, 0.3) is 22.4 Å². The highest BCUT2D eigenvalue weighted by molar-refractivity contribution is 5.92. The Morgan fingerprint density at radius 2 is 2.05 bits per heavy atom. The van der Waals surface area contributed by atoms with Crippen LogP contribution in [0.1, 0.15) is 12.6 Å². The summed E-state index contributed by atoms with van der Waals surface area (Å²) in [5, 5.41) is 4.11. The van der Waals surface area contributed by atoms with Crippen molar-refractivity contribution in [1.82, 2.24) is 9.97 Å². The van der Waals surface area contributed by atoms with Gasteiger partial charge in [0.25, 0.3) is 0 Å². The summed E-state index contributed by atoms with van der Waals surface area (Å²) in [6.07, 6.45) is 2.60. The molecule has 4 heteroatoms. The maximum atomic E-state index is 5.55. The van der Waals surface area contributed by atoms with Gasteiger partial charge in [-0.3, -0.25) is 0 Å². The number of para-hydroxylation sites is 1. The molecule has 0 saturated carbocycles. The number of nitrogens with one attached hydrogen (secondary N) is 1. The molecule has 19 heavy (non-hydrogen) atoms. The first kappa shape index (κ1) is 11.7. The molecule has 0 aliphatic rings. The van der Waals surface area contributed by atoms with Crippen LogP contribution in [0.5, 0.6) is 0 Å². The van der Waals surface area contributed by atoms with Crippen molar-refractivity contribution in [3.63, 3.8) is 0 Å². The Morgan fingerprint density at radius 3 is 2.84 bits per heavy atom. The molecule has 0 aliphatic carbocycles. The smallest absolute Gasteiger partial charge is 0.165 e. The molecule has 0 amide bonds. The first-order valence-corrected chi connectivity index (χ1v) is 6.34. The topological polar surface area (TPSA) is 51.0 Å². The lowest BCUT2D eigenvalue weighted by Gasteiger charge is -2.05. The van der Waals surface area contributed by atoms with Crippen molar-refractivity contribution in [2.75, 3.05) is 12.4 Å². The summed E-state index contributed by atoms with van der Waals surface area (Å²) in [5.74, 6) is 1.53. The van der Waals surface area contributed by atoms with Crippen molar-refractivity contribution in [3.05, 3.63) is 42.3 Å². The van der Waals surface area contributed by atoms with Crippen molar-refractivity contribution in [3.8, 4) is 11.4 Å². The molecule has 3 aromatic rings. The van der Waals surface area contributed by atoms with Crippen molar-refractivity contribution in [1.29, 1.82) is 0 Å². The second kappa shape index (κ2) is 4.72. The number of anilines is 1. The number of rotatable bonds is 3. The molecule has 0 radical (unpaired) electrons. The van der Waals surface area contributed by atoms with Gasteiger partial charge < -0.3 is 9.73 Å². The molecule has 0 atom stereocenters. The fourth-order valence-electron chi connectivity index (χ4n) is 2.08. The zero-order valence-electron chi connectivity index (χ0n) is 11.0. The third-order valence-electron chi connectivity index (χ3n) is 3.12. The minimum atomic E-state index is 0.702. The van der Waals surface area contributed by atoms with E-state index in [0.29, 0.717) is 5.82 Å². The summed E-state index contributed by atoms with van der Waals surface area (Å²) >= 11 is 0. The van der Waals surface area contributed by atoms with Gasteiger partial charge in [0.2, 0.25) is 0 Å². The third-order valence-corrected chi connectivity index (χ3v) is 3.12. The Kier molecular flexibility index (Phi) is 2.91. The summed E-state index contributed by atoms with van der Waals surface area (Å²) < 4.78 is 5.55. The van der Waals surface area contributed by atoms with E-state index >= 15 is 0 Å². The van der Waals surface area contributed by atoms with Gasteiger partial charge in [0.15, 0.2) is 5.82 Å². The van der Waals surface area contributed by atoms with Crippen LogP contribution in [-0.2, 0) is 6.42 Å². The highest BCUT2D eigenvalue weighted by Crippen LogP contribution is 2.28. The molecule has 0 unspecified atom stereocenters. The largest absolute Gasteiger partial charge is 0.464 e. The summed E-state index contributed by atoms with van der Waals surface area (Å²) in [7, 11) is 1.86. The summed E-state index contributed by atoms with van der Waals surface area (Å²) in [4.78, 5) is 9.09. The van der Waals surface area contributed by atoms with Crippen molar-refractivity contribution in [2.45, 2.75) is 13.3 Å². The second-order valence-electron chi connectivity index (χ2n) is 4.32. The zero-order chi connectivity index (χ0) is 13.2. The van der Waals surface area contributed by atoms with E-state index < -0.39 is 0 Å². The van der Waals surface area contributed by atoms with Gasteiger partial charge in [-0.2, -0.15) is 0 Å². The van der Waals surface area contributed by atoms with Crippen LogP contribution in [-0.4, -0.2) is 17.0 Å². The van der Waals surface area contributed by atoms with Gasteiger partial charge in [-0.05, 0) is 12.5 Å². The molecule has 0 saturated heterocycles. The van der Waals surface area contributed by atoms with E-state index in [-0.39, 0.29) is 0 Å². The molecule has 0 spiro atoms. The molecular weight excluding hydrogens is 238 g/mol. The Balaban J connectivity index is 2.20. The summed E-state index contributed by atoms with van der Waals surface area (Å²) in [6, 6.07) is 9.88. The van der Waals surface area contributed by atoms with E-state index in [4.69, 9.17) is 4.42 Å². The molecular formula is C15H15N3O. The molecule has 1 N–H and O–H groups in total. The first-order chi connectivity index (χ1) is 9.31. The Hall–Kier alpha value is -2.36. The standard InChI is InChI=1S/C15H15N3O/c1-3-10-8-14(16-2)18-15(17-10)12-9-19-13-7-5-4-6-11(12)13/h4-9H,3H2,1-2H3,(H,16,17,18). The normalized spacial score (nSPS) is 10.8. The molecule has 0 bridgehead atoms. The minimum Gasteiger partial charge on any atom is -0.464 e. The number of fused-ring (bicyclic) bond motifs is 1. The van der Waals surface area contributed by atoms with E-state index in [9.17, 15) is 0 Å². The number of hydrogen-bond donors (Lipinski definition) is 1. The fourth-order valence-corrected chi connectivity index (χ4v) is 2.08. The van der Waals surface area contributed by atoms with Gasteiger partial charge in [-0.1, -0.05) is 25.1 Å². The van der Waals surface area contributed by atoms with Crippen LogP contribution in [0.2, 0.25) is 0 Å². The van der Waals surface area contributed by atoms with Crippen LogP contribution < -0.4 is 5.32 Å². The molecule has 0 aliphatic heterocycles.